The fourth-order valence-corrected chi connectivity index (χ4v) is 7.16. The van der Waals surface area contributed by atoms with Gasteiger partial charge in [0.15, 0.2) is 0 Å². The predicted octanol–water partition coefficient (Wildman–Crippen LogP) is 9.91. The van der Waals surface area contributed by atoms with Crippen molar-refractivity contribution in [3.05, 3.63) is 172 Å². The molecule has 0 spiro atoms. The van der Waals surface area contributed by atoms with Crippen molar-refractivity contribution in [3.63, 3.8) is 0 Å². The van der Waals surface area contributed by atoms with Crippen molar-refractivity contribution in [2.75, 3.05) is 0 Å². The summed E-state index contributed by atoms with van der Waals surface area (Å²) in [5.74, 6) is 0. The third kappa shape index (κ3) is 3.13. The van der Waals surface area contributed by atoms with Gasteiger partial charge in [-0.25, -0.2) is 0 Å². The molecule has 1 aliphatic rings. The second kappa shape index (κ2) is 8.56. The summed E-state index contributed by atoms with van der Waals surface area (Å²) >= 11 is 3.69. The minimum atomic E-state index is -0.376. The van der Waals surface area contributed by atoms with Crippen LogP contribution in [0, 0.1) is 0 Å². The molecule has 6 aromatic carbocycles. The maximum absolute atomic E-state index is 3.69. The van der Waals surface area contributed by atoms with Crippen LogP contribution >= 0.6 is 15.9 Å². The van der Waals surface area contributed by atoms with Gasteiger partial charge >= 0.3 is 0 Å². The third-order valence-electron chi connectivity index (χ3n) is 8.33. The Balaban J connectivity index is 1.47. The number of benzene rings is 6. The van der Waals surface area contributed by atoms with Crippen molar-refractivity contribution < 1.29 is 0 Å². The summed E-state index contributed by atoms with van der Waals surface area (Å²) in [5, 5.41) is 2.52. The Hall–Kier alpha value is -4.40. The highest BCUT2D eigenvalue weighted by Gasteiger charge is 2.45. The average molecular weight is 563 g/mol. The van der Waals surface area contributed by atoms with Gasteiger partial charge in [0, 0.05) is 20.9 Å². The van der Waals surface area contributed by atoms with Crippen molar-refractivity contribution in [1.82, 2.24) is 4.57 Å². The highest BCUT2D eigenvalue weighted by Crippen LogP contribution is 2.56. The lowest BCUT2D eigenvalue weighted by molar-refractivity contribution is 0.768. The Morgan fingerprint density at radius 1 is 0.462 bits per heavy atom. The summed E-state index contributed by atoms with van der Waals surface area (Å²) < 4.78 is 3.50. The summed E-state index contributed by atoms with van der Waals surface area (Å²) in [6.07, 6.45) is 0. The molecule has 1 nitrogen and oxygen atoms in total. The molecule has 2 heteroatoms. The molecule has 8 rings (SSSR count). The number of fused-ring (bicyclic) bond motifs is 6. The van der Waals surface area contributed by atoms with E-state index in [1.54, 1.807) is 0 Å². The van der Waals surface area contributed by atoms with Gasteiger partial charge in [-0.3, -0.25) is 0 Å². The van der Waals surface area contributed by atoms with Crippen LogP contribution in [0.25, 0.3) is 38.6 Å². The average Bonchev–Trinajstić information content (AvgIpc) is 3.48. The highest BCUT2D eigenvalue weighted by molar-refractivity contribution is 9.10. The van der Waals surface area contributed by atoms with Crippen LogP contribution in [0.4, 0.5) is 0 Å². The first-order valence-electron chi connectivity index (χ1n) is 13.3. The molecular formula is C37H24BrN. The van der Waals surface area contributed by atoms with E-state index in [-0.39, 0.29) is 5.41 Å². The molecule has 7 aromatic rings. The Morgan fingerprint density at radius 3 is 1.85 bits per heavy atom. The van der Waals surface area contributed by atoms with Crippen molar-refractivity contribution >= 4 is 37.7 Å². The predicted molar refractivity (Wildman–Crippen MR) is 166 cm³/mol. The maximum atomic E-state index is 3.69. The topological polar surface area (TPSA) is 4.93 Å². The van der Waals surface area contributed by atoms with E-state index in [9.17, 15) is 0 Å². The van der Waals surface area contributed by atoms with Crippen LogP contribution in [0.3, 0.4) is 0 Å². The molecule has 184 valence electrons. The Bertz CT molecular complexity index is 1980. The molecule has 0 saturated heterocycles. The zero-order valence-corrected chi connectivity index (χ0v) is 22.8. The summed E-state index contributed by atoms with van der Waals surface area (Å²) in [5.41, 5.74) is 11.1. The van der Waals surface area contributed by atoms with Gasteiger partial charge in [-0.15, -0.1) is 0 Å². The second-order valence-electron chi connectivity index (χ2n) is 10.3. The number of hydrogen-bond acceptors (Lipinski definition) is 0. The summed E-state index contributed by atoms with van der Waals surface area (Å²) in [7, 11) is 0. The quantitative estimate of drug-likeness (QED) is 0.202. The van der Waals surface area contributed by atoms with Gasteiger partial charge in [0.05, 0.1) is 16.4 Å². The first-order valence-corrected chi connectivity index (χ1v) is 14.1. The van der Waals surface area contributed by atoms with Crippen LogP contribution < -0.4 is 0 Å². The largest absolute Gasteiger partial charge is 0.309 e. The summed E-state index contributed by atoms with van der Waals surface area (Å²) in [4.78, 5) is 0. The van der Waals surface area contributed by atoms with Crippen LogP contribution in [0.1, 0.15) is 22.3 Å². The molecule has 0 fully saturated rings. The van der Waals surface area contributed by atoms with E-state index in [0.717, 1.165) is 4.47 Å². The molecule has 39 heavy (non-hydrogen) atoms. The van der Waals surface area contributed by atoms with Gasteiger partial charge < -0.3 is 4.57 Å². The van der Waals surface area contributed by atoms with E-state index >= 15 is 0 Å². The van der Waals surface area contributed by atoms with Gasteiger partial charge in [0.2, 0.25) is 0 Å². The maximum Gasteiger partial charge on any atom is 0.0713 e. The van der Waals surface area contributed by atoms with Crippen molar-refractivity contribution in [3.8, 4) is 16.8 Å². The number of nitrogens with zero attached hydrogens (tertiary/aromatic N) is 1. The third-order valence-corrected chi connectivity index (χ3v) is 8.83. The lowest BCUT2D eigenvalue weighted by Crippen LogP contribution is -2.28. The molecular weight excluding hydrogens is 538 g/mol. The van der Waals surface area contributed by atoms with Crippen LogP contribution in [0.2, 0.25) is 0 Å². The van der Waals surface area contributed by atoms with Gasteiger partial charge in [-0.05, 0) is 69.8 Å². The van der Waals surface area contributed by atoms with Crippen LogP contribution in [-0.2, 0) is 5.41 Å². The van der Waals surface area contributed by atoms with Gasteiger partial charge in [-0.2, -0.15) is 0 Å². The van der Waals surface area contributed by atoms with Gasteiger partial charge in [0.1, 0.15) is 0 Å². The van der Waals surface area contributed by atoms with Crippen molar-refractivity contribution in [2.45, 2.75) is 5.41 Å². The molecule has 0 aliphatic heterocycles. The highest BCUT2D eigenvalue weighted by atomic mass is 79.9. The van der Waals surface area contributed by atoms with Gasteiger partial charge in [-0.1, -0.05) is 125 Å². The molecule has 0 bridgehead atoms. The second-order valence-corrected chi connectivity index (χ2v) is 11.2. The zero-order valence-electron chi connectivity index (χ0n) is 21.2. The fraction of sp³-hybridized carbons (Fsp3) is 0.0270. The Kier molecular flexibility index (Phi) is 4.95. The molecule has 0 unspecified atom stereocenters. The SMILES string of the molecule is Brc1ccc2c(c1)c1ccccc1n2-c1ccc2c(c1)-c1ccccc1C2(c1ccccc1)c1ccccc1. The van der Waals surface area contributed by atoms with E-state index in [0.29, 0.717) is 0 Å². The molecule has 0 N–H and O–H groups in total. The molecule has 0 saturated carbocycles. The molecule has 0 atom stereocenters. The first-order chi connectivity index (χ1) is 19.3. The van der Waals surface area contributed by atoms with E-state index in [2.05, 4.69) is 166 Å². The lowest BCUT2D eigenvalue weighted by Gasteiger charge is -2.33. The van der Waals surface area contributed by atoms with E-state index < -0.39 is 0 Å². The normalized spacial score (nSPS) is 13.5. The van der Waals surface area contributed by atoms with Crippen LogP contribution in [0.15, 0.2) is 150 Å². The molecule has 1 aliphatic carbocycles. The number of rotatable bonds is 3. The van der Waals surface area contributed by atoms with Crippen molar-refractivity contribution in [2.24, 2.45) is 0 Å². The number of hydrogen-bond donors (Lipinski definition) is 0. The molecule has 0 radical (unpaired) electrons. The van der Waals surface area contributed by atoms with Crippen LogP contribution in [-0.4, -0.2) is 4.57 Å². The number of aromatic nitrogens is 1. The molecule has 0 amide bonds. The Labute approximate surface area is 236 Å². The monoisotopic (exact) mass is 561 g/mol. The Morgan fingerprint density at radius 2 is 1.08 bits per heavy atom. The zero-order chi connectivity index (χ0) is 26.0. The standard InChI is InChI=1S/C37H24BrN/c38-27-19-22-36-32(23-27)30-16-8-10-18-35(30)39(36)28-20-21-34-31(24-28)29-15-7-9-17-33(29)37(34,25-11-3-1-4-12-25)26-13-5-2-6-14-26/h1-24H. The van der Waals surface area contributed by atoms with Crippen LogP contribution in [0.5, 0.6) is 0 Å². The minimum Gasteiger partial charge on any atom is -0.309 e. The van der Waals surface area contributed by atoms with E-state index in [4.69, 9.17) is 0 Å². The number of halogens is 1. The number of para-hydroxylation sites is 1. The molecule has 1 aromatic heterocycles. The van der Waals surface area contributed by atoms with Crippen molar-refractivity contribution in [1.29, 1.82) is 0 Å². The summed E-state index contributed by atoms with van der Waals surface area (Å²) in [6.45, 7) is 0. The van der Waals surface area contributed by atoms with E-state index in [1.807, 2.05) is 0 Å². The first kappa shape index (κ1) is 22.6. The fourth-order valence-electron chi connectivity index (χ4n) is 6.80. The molecule has 1 heterocycles. The summed E-state index contributed by atoms with van der Waals surface area (Å²) in [6, 6.07) is 53.2. The van der Waals surface area contributed by atoms with Gasteiger partial charge in [0.25, 0.3) is 0 Å². The van der Waals surface area contributed by atoms with E-state index in [1.165, 1.54) is 60.9 Å². The lowest BCUT2D eigenvalue weighted by atomic mass is 9.68. The minimum absolute atomic E-state index is 0.376. The smallest absolute Gasteiger partial charge is 0.0713 e.